The van der Waals surface area contributed by atoms with Crippen LogP contribution >= 0.6 is 11.9 Å². The van der Waals surface area contributed by atoms with Crippen molar-refractivity contribution >= 4 is 23.8 Å². The molecule has 1 rings (SSSR count). The Morgan fingerprint density at radius 1 is 1.29 bits per heavy atom. The fourth-order valence-electron chi connectivity index (χ4n) is 1.53. The molecule has 0 saturated heterocycles. The van der Waals surface area contributed by atoms with Crippen LogP contribution in [0, 0.1) is 0 Å². The molecule has 4 nitrogen and oxygen atoms in total. The predicted octanol–water partition coefficient (Wildman–Crippen LogP) is 0.959. The number of amides is 2. The quantitative estimate of drug-likeness (QED) is 0.543. The number of hydrogen-bond donors (Lipinski definition) is 2. The first kappa shape index (κ1) is 11.4. The lowest BCUT2D eigenvalue weighted by Gasteiger charge is -2.20. The first-order chi connectivity index (χ1) is 6.68. The largest absolute Gasteiger partial charge is 0.369 e. The SMILES string of the molecule is NC(=O)CC(=O)NSC1CCCCC1. The van der Waals surface area contributed by atoms with Crippen LogP contribution in [0.1, 0.15) is 38.5 Å². The third-order valence-electron chi connectivity index (χ3n) is 2.23. The minimum atomic E-state index is -0.577. The van der Waals surface area contributed by atoms with Crippen molar-refractivity contribution in [1.82, 2.24) is 4.72 Å². The van der Waals surface area contributed by atoms with E-state index in [9.17, 15) is 9.59 Å². The summed E-state index contributed by atoms with van der Waals surface area (Å²) in [7, 11) is 0. The molecule has 1 aliphatic carbocycles. The lowest BCUT2D eigenvalue weighted by molar-refractivity contribution is -0.126. The van der Waals surface area contributed by atoms with Gasteiger partial charge in [0.1, 0.15) is 6.42 Å². The second kappa shape index (κ2) is 5.90. The minimum absolute atomic E-state index is 0.209. The third-order valence-corrected chi connectivity index (χ3v) is 3.38. The lowest BCUT2D eigenvalue weighted by Crippen LogP contribution is -2.26. The van der Waals surface area contributed by atoms with Crippen LogP contribution < -0.4 is 10.5 Å². The van der Waals surface area contributed by atoms with E-state index >= 15 is 0 Å². The summed E-state index contributed by atoms with van der Waals surface area (Å²) in [6.45, 7) is 0. The minimum Gasteiger partial charge on any atom is -0.369 e. The van der Waals surface area contributed by atoms with Gasteiger partial charge < -0.3 is 5.73 Å². The summed E-state index contributed by atoms with van der Waals surface area (Å²) in [5.41, 5.74) is 4.89. The maximum absolute atomic E-state index is 11.1. The van der Waals surface area contributed by atoms with Crippen molar-refractivity contribution < 1.29 is 9.59 Å². The summed E-state index contributed by atoms with van der Waals surface area (Å²) in [4.78, 5) is 21.5. The molecule has 0 aromatic rings. The van der Waals surface area contributed by atoms with Gasteiger partial charge in [0.15, 0.2) is 0 Å². The average molecular weight is 216 g/mol. The number of primary amides is 1. The molecule has 1 fully saturated rings. The summed E-state index contributed by atoms with van der Waals surface area (Å²) >= 11 is 1.44. The fourth-order valence-corrected chi connectivity index (χ4v) is 2.47. The zero-order chi connectivity index (χ0) is 10.4. The highest BCUT2D eigenvalue weighted by atomic mass is 32.2. The number of nitrogens with two attached hydrogens (primary N) is 1. The number of hydrogen-bond acceptors (Lipinski definition) is 3. The van der Waals surface area contributed by atoms with Crippen molar-refractivity contribution in [3.05, 3.63) is 0 Å². The molecular formula is C9H16N2O2S. The summed E-state index contributed by atoms with van der Waals surface area (Å²) < 4.78 is 2.66. The third kappa shape index (κ3) is 4.50. The van der Waals surface area contributed by atoms with Gasteiger partial charge in [-0.15, -0.1) is 0 Å². The molecule has 0 aliphatic heterocycles. The van der Waals surface area contributed by atoms with Gasteiger partial charge in [-0.2, -0.15) is 0 Å². The van der Waals surface area contributed by atoms with Crippen molar-refractivity contribution in [3.63, 3.8) is 0 Å². The first-order valence-corrected chi connectivity index (χ1v) is 5.79. The van der Waals surface area contributed by atoms with E-state index in [1.165, 1.54) is 31.2 Å². The smallest absolute Gasteiger partial charge is 0.239 e. The van der Waals surface area contributed by atoms with E-state index in [-0.39, 0.29) is 12.3 Å². The lowest BCUT2D eigenvalue weighted by atomic mass is 10.0. The molecule has 0 spiro atoms. The van der Waals surface area contributed by atoms with Gasteiger partial charge in [-0.25, -0.2) is 0 Å². The van der Waals surface area contributed by atoms with Gasteiger partial charge >= 0.3 is 0 Å². The molecule has 1 aliphatic rings. The molecule has 0 bridgehead atoms. The van der Waals surface area contributed by atoms with Gasteiger partial charge in [0, 0.05) is 5.25 Å². The van der Waals surface area contributed by atoms with E-state index in [0.29, 0.717) is 5.25 Å². The Bertz CT molecular complexity index is 215. The van der Waals surface area contributed by atoms with Gasteiger partial charge in [0.05, 0.1) is 0 Å². The monoisotopic (exact) mass is 216 g/mol. The number of carbonyl (C=O) groups is 2. The van der Waals surface area contributed by atoms with E-state index in [1.807, 2.05) is 0 Å². The van der Waals surface area contributed by atoms with Crippen molar-refractivity contribution in [3.8, 4) is 0 Å². The zero-order valence-corrected chi connectivity index (χ0v) is 8.94. The van der Waals surface area contributed by atoms with E-state index in [0.717, 1.165) is 12.8 Å². The maximum atomic E-state index is 11.1. The van der Waals surface area contributed by atoms with Gasteiger partial charge in [-0.05, 0) is 24.8 Å². The van der Waals surface area contributed by atoms with E-state index in [2.05, 4.69) is 4.72 Å². The van der Waals surface area contributed by atoms with Crippen LogP contribution in [0.2, 0.25) is 0 Å². The first-order valence-electron chi connectivity index (χ1n) is 4.91. The van der Waals surface area contributed by atoms with Gasteiger partial charge in [-0.3, -0.25) is 14.3 Å². The number of carbonyl (C=O) groups excluding carboxylic acids is 2. The van der Waals surface area contributed by atoms with Crippen molar-refractivity contribution in [2.45, 2.75) is 43.8 Å². The second-order valence-electron chi connectivity index (χ2n) is 3.55. The number of rotatable bonds is 4. The molecule has 80 valence electrons. The molecule has 0 unspecified atom stereocenters. The molecule has 14 heavy (non-hydrogen) atoms. The number of nitrogens with one attached hydrogen (secondary N) is 1. The van der Waals surface area contributed by atoms with Gasteiger partial charge in [0.2, 0.25) is 11.8 Å². The molecule has 0 heterocycles. The standard InChI is InChI=1S/C9H16N2O2S/c10-8(12)6-9(13)11-14-7-4-2-1-3-5-7/h7H,1-6H2,(H2,10,12)(H,11,13). The van der Waals surface area contributed by atoms with E-state index in [4.69, 9.17) is 5.73 Å². The molecule has 5 heteroatoms. The normalized spacial score (nSPS) is 17.7. The van der Waals surface area contributed by atoms with Crippen LogP contribution in [-0.2, 0) is 9.59 Å². The van der Waals surface area contributed by atoms with Crippen molar-refractivity contribution in [2.24, 2.45) is 5.73 Å². The Labute approximate surface area is 88.1 Å². The second-order valence-corrected chi connectivity index (χ2v) is 4.65. The Morgan fingerprint density at radius 3 is 2.50 bits per heavy atom. The van der Waals surface area contributed by atoms with Gasteiger partial charge in [-0.1, -0.05) is 19.3 Å². The highest BCUT2D eigenvalue weighted by Gasteiger charge is 2.15. The highest BCUT2D eigenvalue weighted by molar-refractivity contribution is 7.98. The molecule has 0 aromatic carbocycles. The summed E-state index contributed by atoms with van der Waals surface area (Å²) in [5.74, 6) is -0.861. The molecule has 0 aromatic heterocycles. The Balaban J connectivity index is 2.12. The molecule has 2 amide bonds. The Hall–Kier alpha value is -0.710. The van der Waals surface area contributed by atoms with Crippen LogP contribution in [0.5, 0.6) is 0 Å². The average Bonchev–Trinajstić information content (AvgIpc) is 2.15. The zero-order valence-electron chi connectivity index (χ0n) is 8.12. The summed E-state index contributed by atoms with van der Waals surface area (Å²) in [5, 5.41) is 0.514. The van der Waals surface area contributed by atoms with Gasteiger partial charge in [0.25, 0.3) is 0 Å². The van der Waals surface area contributed by atoms with Crippen LogP contribution in [0.15, 0.2) is 0 Å². The Morgan fingerprint density at radius 2 is 1.93 bits per heavy atom. The fraction of sp³-hybridized carbons (Fsp3) is 0.778. The maximum Gasteiger partial charge on any atom is 0.239 e. The Kier molecular flexibility index (Phi) is 4.79. The van der Waals surface area contributed by atoms with Crippen LogP contribution in [0.4, 0.5) is 0 Å². The van der Waals surface area contributed by atoms with E-state index < -0.39 is 5.91 Å². The van der Waals surface area contributed by atoms with Crippen molar-refractivity contribution in [2.75, 3.05) is 0 Å². The van der Waals surface area contributed by atoms with Crippen LogP contribution in [-0.4, -0.2) is 17.1 Å². The van der Waals surface area contributed by atoms with Crippen LogP contribution in [0.3, 0.4) is 0 Å². The molecular weight excluding hydrogens is 200 g/mol. The van der Waals surface area contributed by atoms with Crippen LogP contribution in [0.25, 0.3) is 0 Å². The molecule has 3 N–H and O–H groups in total. The van der Waals surface area contributed by atoms with Crippen molar-refractivity contribution in [1.29, 1.82) is 0 Å². The molecule has 1 saturated carbocycles. The molecule has 0 atom stereocenters. The highest BCUT2D eigenvalue weighted by Crippen LogP contribution is 2.26. The van der Waals surface area contributed by atoms with E-state index in [1.54, 1.807) is 0 Å². The summed E-state index contributed by atoms with van der Waals surface area (Å²) in [6, 6.07) is 0. The summed E-state index contributed by atoms with van der Waals surface area (Å²) in [6.07, 6.45) is 5.88. The predicted molar refractivity (Wildman–Crippen MR) is 56.4 cm³/mol. The molecule has 0 radical (unpaired) electrons. The topological polar surface area (TPSA) is 72.2 Å².